The van der Waals surface area contributed by atoms with Crippen LogP contribution in [0.2, 0.25) is 0 Å². The number of phenols is 1. The molecule has 0 saturated carbocycles. The van der Waals surface area contributed by atoms with Crippen LogP contribution in [0, 0.1) is 6.92 Å². The number of anilines is 1. The lowest BCUT2D eigenvalue weighted by Gasteiger charge is -2.08. The average molecular weight is 276 g/mol. The van der Waals surface area contributed by atoms with Crippen LogP contribution >= 0.6 is 11.6 Å². The summed E-state index contributed by atoms with van der Waals surface area (Å²) in [5, 5.41) is 12.1. The van der Waals surface area contributed by atoms with Gasteiger partial charge in [0.2, 0.25) is 0 Å². The van der Waals surface area contributed by atoms with Gasteiger partial charge in [-0.05, 0) is 48.4 Å². The van der Waals surface area contributed by atoms with Crippen LogP contribution in [0.5, 0.6) is 5.75 Å². The Balaban J connectivity index is 2.15. The number of hydrogen-bond donors (Lipinski definition) is 2. The zero-order valence-corrected chi connectivity index (χ0v) is 11.2. The summed E-state index contributed by atoms with van der Waals surface area (Å²) in [5.41, 5.74) is 2.99. The molecule has 2 aromatic carbocycles. The predicted molar refractivity (Wildman–Crippen MR) is 76.8 cm³/mol. The summed E-state index contributed by atoms with van der Waals surface area (Å²) in [6.07, 6.45) is 0. The third-order valence-corrected chi connectivity index (χ3v) is 3.13. The van der Waals surface area contributed by atoms with Crippen LogP contribution in [0.15, 0.2) is 42.5 Å². The minimum absolute atomic E-state index is 0.153. The van der Waals surface area contributed by atoms with Crippen LogP contribution in [-0.2, 0) is 5.88 Å². The quantitative estimate of drug-likeness (QED) is 0.839. The standard InChI is InChI=1S/C15H14ClNO2/c1-10-8-13(18)6-7-14(10)15(19)17-12-4-2-11(9-16)3-5-12/h2-8,18H,9H2,1H3,(H,17,19). The van der Waals surface area contributed by atoms with Crippen molar-refractivity contribution in [3.63, 3.8) is 0 Å². The summed E-state index contributed by atoms with van der Waals surface area (Å²) in [7, 11) is 0. The van der Waals surface area contributed by atoms with Crippen molar-refractivity contribution in [2.24, 2.45) is 0 Å². The van der Waals surface area contributed by atoms with E-state index in [4.69, 9.17) is 11.6 Å². The Morgan fingerprint density at radius 1 is 1.21 bits per heavy atom. The molecule has 0 aromatic heterocycles. The van der Waals surface area contributed by atoms with Gasteiger partial charge in [0, 0.05) is 17.1 Å². The van der Waals surface area contributed by atoms with Crippen molar-refractivity contribution in [1.82, 2.24) is 0 Å². The summed E-state index contributed by atoms with van der Waals surface area (Å²) >= 11 is 5.71. The van der Waals surface area contributed by atoms with Gasteiger partial charge in [0.05, 0.1) is 0 Å². The molecule has 0 fully saturated rings. The van der Waals surface area contributed by atoms with Gasteiger partial charge in [-0.3, -0.25) is 4.79 Å². The van der Waals surface area contributed by atoms with E-state index >= 15 is 0 Å². The van der Waals surface area contributed by atoms with Crippen molar-refractivity contribution in [2.45, 2.75) is 12.8 Å². The SMILES string of the molecule is Cc1cc(O)ccc1C(=O)Nc1ccc(CCl)cc1. The van der Waals surface area contributed by atoms with E-state index in [0.29, 0.717) is 17.1 Å². The number of benzene rings is 2. The Labute approximate surface area is 116 Å². The second-order valence-corrected chi connectivity index (χ2v) is 4.55. The van der Waals surface area contributed by atoms with Crippen LogP contribution in [0.25, 0.3) is 0 Å². The number of aryl methyl sites for hydroxylation is 1. The van der Waals surface area contributed by atoms with Crippen molar-refractivity contribution in [3.8, 4) is 5.75 Å². The number of halogens is 1. The highest BCUT2D eigenvalue weighted by molar-refractivity contribution is 6.17. The molecule has 0 spiro atoms. The molecule has 0 atom stereocenters. The number of alkyl halides is 1. The van der Waals surface area contributed by atoms with E-state index in [-0.39, 0.29) is 11.7 Å². The lowest BCUT2D eigenvalue weighted by molar-refractivity contribution is 0.102. The van der Waals surface area contributed by atoms with Gasteiger partial charge in [-0.2, -0.15) is 0 Å². The predicted octanol–water partition coefficient (Wildman–Crippen LogP) is 3.69. The van der Waals surface area contributed by atoms with Gasteiger partial charge in [-0.1, -0.05) is 12.1 Å². The summed E-state index contributed by atoms with van der Waals surface area (Å²) < 4.78 is 0. The molecule has 0 aliphatic heterocycles. The molecule has 4 heteroatoms. The number of amides is 1. The van der Waals surface area contributed by atoms with Crippen LogP contribution in [-0.4, -0.2) is 11.0 Å². The minimum atomic E-state index is -0.198. The zero-order chi connectivity index (χ0) is 13.8. The summed E-state index contributed by atoms with van der Waals surface area (Å²) in [5.74, 6) is 0.405. The Morgan fingerprint density at radius 2 is 1.89 bits per heavy atom. The summed E-state index contributed by atoms with van der Waals surface area (Å²) in [6, 6.07) is 12.0. The smallest absolute Gasteiger partial charge is 0.255 e. The highest BCUT2D eigenvalue weighted by Gasteiger charge is 2.09. The molecule has 0 aliphatic carbocycles. The lowest BCUT2D eigenvalue weighted by atomic mass is 10.1. The first-order valence-electron chi connectivity index (χ1n) is 5.86. The molecular weight excluding hydrogens is 262 g/mol. The average Bonchev–Trinajstić information content (AvgIpc) is 2.39. The summed E-state index contributed by atoms with van der Waals surface area (Å²) in [6.45, 7) is 1.78. The normalized spacial score (nSPS) is 10.2. The van der Waals surface area contributed by atoms with Crippen LogP contribution in [0.4, 0.5) is 5.69 Å². The van der Waals surface area contributed by atoms with Gasteiger partial charge in [0.15, 0.2) is 0 Å². The molecule has 0 bridgehead atoms. The number of rotatable bonds is 3. The van der Waals surface area contributed by atoms with E-state index in [0.717, 1.165) is 11.1 Å². The minimum Gasteiger partial charge on any atom is -0.508 e. The maximum atomic E-state index is 12.1. The van der Waals surface area contributed by atoms with Gasteiger partial charge >= 0.3 is 0 Å². The molecule has 3 nitrogen and oxygen atoms in total. The Hall–Kier alpha value is -2.00. The maximum Gasteiger partial charge on any atom is 0.255 e. The highest BCUT2D eigenvalue weighted by Crippen LogP contribution is 2.18. The third-order valence-electron chi connectivity index (χ3n) is 2.82. The van der Waals surface area contributed by atoms with Gasteiger partial charge in [-0.15, -0.1) is 11.6 Å². The zero-order valence-electron chi connectivity index (χ0n) is 10.5. The number of hydrogen-bond acceptors (Lipinski definition) is 2. The van der Waals surface area contributed by atoms with E-state index in [9.17, 15) is 9.90 Å². The van der Waals surface area contributed by atoms with Crippen molar-refractivity contribution < 1.29 is 9.90 Å². The van der Waals surface area contributed by atoms with E-state index in [2.05, 4.69) is 5.32 Å². The van der Waals surface area contributed by atoms with Crippen LogP contribution in [0.1, 0.15) is 21.5 Å². The number of aromatic hydroxyl groups is 1. The van der Waals surface area contributed by atoms with Crippen molar-refractivity contribution in [3.05, 3.63) is 59.2 Å². The third kappa shape index (κ3) is 3.26. The molecule has 0 aliphatic rings. The van der Waals surface area contributed by atoms with Gasteiger partial charge in [0.1, 0.15) is 5.75 Å². The van der Waals surface area contributed by atoms with Crippen molar-refractivity contribution in [1.29, 1.82) is 0 Å². The first-order valence-corrected chi connectivity index (χ1v) is 6.39. The van der Waals surface area contributed by atoms with E-state index in [1.807, 2.05) is 24.3 Å². The fraction of sp³-hybridized carbons (Fsp3) is 0.133. The van der Waals surface area contributed by atoms with E-state index in [1.54, 1.807) is 19.1 Å². The van der Waals surface area contributed by atoms with E-state index in [1.165, 1.54) is 6.07 Å². The largest absolute Gasteiger partial charge is 0.508 e. The molecule has 0 unspecified atom stereocenters. The molecule has 2 rings (SSSR count). The Kier molecular flexibility index (Phi) is 4.07. The van der Waals surface area contributed by atoms with Crippen molar-refractivity contribution in [2.75, 3.05) is 5.32 Å². The first-order chi connectivity index (χ1) is 9.10. The molecule has 19 heavy (non-hydrogen) atoms. The van der Waals surface area contributed by atoms with E-state index < -0.39 is 0 Å². The topological polar surface area (TPSA) is 49.3 Å². The van der Waals surface area contributed by atoms with Crippen LogP contribution in [0.3, 0.4) is 0 Å². The molecule has 2 N–H and O–H groups in total. The summed E-state index contributed by atoms with van der Waals surface area (Å²) in [4.78, 5) is 12.1. The second-order valence-electron chi connectivity index (χ2n) is 4.28. The Morgan fingerprint density at radius 3 is 2.47 bits per heavy atom. The molecule has 0 radical (unpaired) electrons. The van der Waals surface area contributed by atoms with Gasteiger partial charge < -0.3 is 10.4 Å². The molecule has 2 aromatic rings. The van der Waals surface area contributed by atoms with Gasteiger partial charge in [-0.25, -0.2) is 0 Å². The fourth-order valence-corrected chi connectivity index (χ4v) is 1.96. The molecule has 98 valence electrons. The monoisotopic (exact) mass is 275 g/mol. The van der Waals surface area contributed by atoms with Crippen molar-refractivity contribution >= 4 is 23.2 Å². The molecule has 1 amide bonds. The van der Waals surface area contributed by atoms with Gasteiger partial charge in [0.25, 0.3) is 5.91 Å². The maximum absolute atomic E-state index is 12.1. The molecular formula is C15H14ClNO2. The number of phenolic OH excluding ortho intramolecular Hbond substituents is 1. The number of nitrogens with one attached hydrogen (secondary N) is 1. The van der Waals surface area contributed by atoms with Crippen LogP contribution < -0.4 is 5.32 Å². The molecule has 0 heterocycles. The highest BCUT2D eigenvalue weighted by atomic mass is 35.5. The first kappa shape index (κ1) is 13.4. The molecule has 0 saturated heterocycles. The number of carbonyl (C=O) groups excluding carboxylic acids is 1. The number of carbonyl (C=O) groups is 1. The Bertz CT molecular complexity index is 594. The second kappa shape index (κ2) is 5.76. The lowest BCUT2D eigenvalue weighted by Crippen LogP contribution is -2.13. The fourth-order valence-electron chi connectivity index (χ4n) is 1.78.